The van der Waals surface area contributed by atoms with Crippen molar-refractivity contribution in [3.05, 3.63) is 66.0 Å². The second kappa shape index (κ2) is 8.36. The van der Waals surface area contributed by atoms with Gasteiger partial charge in [-0.1, -0.05) is 30.3 Å². The number of anilines is 1. The molecule has 0 aliphatic carbocycles. The van der Waals surface area contributed by atoms with Gasteiger partial charge in [-0.25, -0.2) is 14.6 Å². The molecule has 0 aromatic heterocycles. The molecule has 0 aliphatic rings. The van der Waals surface area contributed by atoms with Gasteiger partial charge in [-0.05, 0) is 43.2 Å². The lowest BCUT2D eigenvalue weighted by Gasteiger charge is -2.30. The quantitative estimate of drug-likeness (QED) is 0.524. The Balaban J connectivity index is 2.32. The lowest BCUT2D eigenvalue weighted by molar-refractivity contribution is -0.139. The molecule has 0 radical (unpaired) electrons. The first-order valence-electron chi connectivity index (χ1n) is 7.75. The standard InChI is InChI=1S/C18H20FN3O3/c1-12(18(24)25)22(15-9-7-14(19)8-10-15)17(23)16(21-20)11-13-5-3-2-4-6-13/h2-10,12,16,21H,11,20H2,1H3,(H,24,25)/t12-,16-/m0/s1. The van der Waals surface area contributed by atoms with Gasteiger partial charge < -0.3 is 5.11 Å². The summed E-state index contributed by atoms with van der Waals surface area (Å²) < 4.78 is 13.2. The van der Waals surface area contributed by atoms with Crippen molar-refractivity contribution in [2.24, 2.45) is 5.84 Å². The van der Waals surface area contributed by atoms with Crippen molar-refractivity contribution in [1.82, 2.24) is 5.43 Å². The molecule has 6 nitrogen and oxygen atoms in total. The minimum Gasteiger partial charge on any atom is -0.480 e. The number of hydrogen-bond donors (Lipinski definition) is 3. The summed E-state index contributed by atoms with van der Waals surface area (Å²) in [5.74, 6) is 3.38. The number of hydrazine groups is 1. The third-order valence-corrected chi connectivity index (χ3v) is 3.87. The third kappa shape index (κ3) is 4.62. The Morgan fingerprint density at radius 3 is 2.28 bits per heavy atom. The van der Waals surface area contributed by atoms with E-state index in [1.807, 2.05) is 30.3 Å². The highest BCUT2D eigenvalue weighted by Crippen LogP contribution is 2.20. The van der Waals surface area contributed by atoms with Gasteiger partial charge >= 0.3 is 5.97 Å². The lowest BCUT2D eigenvalue weighted by Crippen LogP contribution is -2.54. The van der Waals surface area contributed by atoms with E-state index >= 15 is 0 Å². The maximum Gasteiger partial charge on any atom is 0.326 e. The molecule has 2 aromatic rings. The van der Waals surface area contributed by atoms with E-state index in [2.05, 4.69) is 5.43 Å². The number of nitrogens with two attached hydrogens (primary N) is 1. The number of halogens is 1. The first-order chi connectivity index (χ1) is 11.9. The Labute approximate surface area is 145 Å². The first kappa shape index (κ1) is 18.6. The Bertz CT molecular complexity index is 722. The van der Waals surface area contributed by atoms with Crippen LogP contribution in [0.4, 0.5) is 10.1 Å². The molecule has 2 rings (SSSR count). The molecule has 2 atom stereocenters. The molecular weight excluding hydrogens is 325 g/mol. The minimum absolute atomic E-state index is 0.287. The molecule has 0 spiro atoms. The van der Waals surface area contributed by atoms with Gasteiger partial charge in [-0.3, -0.25) is 15.5 Å². The zero-order chi connectivity index (χ0) is 18.4. The number of aliphatic carboxylic acids is 1. The summed E-state index contributed by atoms with van der Waals surface area (Å²) in [6, 6.07) is 12.3. The largest absolute Gasteiger partial charge is 0.480 e. The van der Waals surface area contributed by atoms with E-state index in [0.717, 1.165) is 10.5 Å². The zero-order valence-electron chi connectivity index (χ0n) is 13.7. The normalized spacial score (nSPS) is 13.1. The van der Waals surface area contributed by atoms with Crippen molar-refractivity contribution in [2.75, 3.05) is 4.90 Å². The summed E-state index contributed by atoms with van der Waals surface area (Å²) in [7, 11) is 0. The molecule has 132 valence electrons. The van der Waals surface area contributed by atoms with Crippen LogP contribution in [-0.2, 0) is 16.0 Å². The number of carboxylic acids is 1. The van der Waals surface area contributed by atoms with E-state index in [-0.39, 0.29) is 5.69 Å². The highest BCUT2D eigenvalue weighted by molar-refractivity contribution is 6.01. The first-order valence-corrected chi connectivity index (χ1v) is 7.75. The van der Waals surface area contributed by atoms with Gasteiger partial charge in [0.15, 0.2) is 0 Å². The average Bonchev–Trinajstić information content (AvgIpc) is 2.62. The van der Waals surface area contributed by atoms with Gasteiger partial charge in [-0.2, -0.15) is 0 Å². The Kier molecular flexibility index (Phi) is 6.21. The maximum absolute atomic E-state index is 13.2. The summed E-state index contributed by atoms with van der Waals surface area (Å²) >= 11 is 0. The predicted octanol–water partition coefficient (Wildman–Crippen LogP) is 1.71. The van der Waals surface area contributed by atoms with Crippen LogP contribution in [-0.4, -0.2) is 29.1 Å². The summed E-state index contributed by atoms with van der Waals surface area (Å²) in [6.45, 7) is 1.39. The number of rotatable bonds is 7. The van der Waals surface area contributed by atoms with Crippen molar-refractivity contribution in [3.63, 3.8) is 0 Å². The van der Waals surface area contributed by atoms with E-state index in [1.165, 1.54) is 31.2 Å². The minimum atomic E-state index is -1.17. The van der Waals surface area contributed by atoms with E-state index in [0.29, 0.717) is 6.42 Å². The topological polar surface area (TPSA) is 95.7 Å². The van der Waals surface area contributed by atoms with Gasteiger partial charge in [0.1, 0.15) is 17.9 Å². The molecule has 0 bridgehead atoms. The van der Waals surface area contributed by atoms with Crippen LogP contribution in [0.2, 0.25) is 0 Å². The molecule has 0 aliphatic heterocycles. The number of carbonyl (C=O) groups excluding carboxylic acids is 1. The number of nitrogens with zero attached hydrogens (tertiary/aromatic N) is 1. The highest BCUT2D eigenvalue weighted by Gasteiger charge is 2.32. The number of amides is 1. The van der Waals surface area contributed by atoms with Crippen LogP contribution in [0.5, 0.6) is 0 Å². The Morgan fingerprint density at radius 2 is 1.76 bits per heavy atom. The van der Waals surface area contributed by atoms with Gasteiger partial charge in [0.25, 0.3) is 0 Å². The van der Waals surface area contributed by atoms with Crippen LogP contribution in [0, 0.1) is 5.82 Å². The average molecular weight is 345 g/mol. The molecule has 4 N–H and O–H groups in total. The molecule has 0 unspecified atom stereocenters. The molecule has 0 fully saturated rings. The van der Waals surface area contributed by atoms with E-state index in [9.17, 15) is 19.1 Å². The van der Waals surface area contributed by atoms with E-state index in [1.54, 1.807) is 0 Å². The molecule has 7 heteroatoms. The third-order valence-electron chi connectivity index (χ3n) is 3.87. The van der Waals surface area contributed by atoms with Crippen LogP contribution in [0.25, 0.3) is 0 Å². The number of carboxylic acid groups (broad SMARTS) is 1. The van der Waals surface area contributed by atoms with Crippen LogP contribution >= 0.6 is 0 Å². The highest BCUT2D eigenvalue weighted by atomic mass is 19.1. The van der Waals surface area contributed by atoms with E-state index < -0.39 is 29.8 Å². The van der Waals surface area contributed by atoms with Gasteiger partial charge in [0, 0.05) is 5.69 Å². The zero-order valence-corrected chi connectivity index (χ0v) is 13.7. The molecule has 1 amide bonds. The number of benzene rings is 2. The van der Waals surface area contributed by atoms with Gasteiger partial charge in [0.2, 0.25) is 5.91 Å². The smallest absolute Gasteiger partial charge is 0.326 e. The second-order valence-electron chi connectivity index (χ2n) is 5.61. The fraction of sp³-hybridized carbons (Fsp3) is 0.222. The number of hydrogen-bond acceptors (Lipinski definition) is 4. The van der Waals surface area contributed by atoms with Crippen molar-refractivity contribution in [2.45, 2.75) is 25.4 Å². The molecule has 0 heterocycles. The molecule has 25 heavy (non-hydrogen) atoms. The lowest BCUT2D eigenvalue weighted by atomic mass is 10.0. The van der Waals surface area contributed by atoms with Crippen LogP contribution < -0.4 is 16.2 Å². The summed E-state index contributed by atoms with van der Waals surface area (Å²) in [4.78, 5) is 25.5. The molecular formula is C18H20FN3O3. The van der Waals surface area contributed by atoms with Crippen LogP contribution in [0.3, 0.4) is 0 Å². The molecule has 2 aromatic carbocycles. The van der Waals surface area contributed by atoms with Crippen LogP contribution in [0.1, 0.15) is 12.5 Å². The fourth-order valence-corrected chi connectivity index (χ4v) is 2.49. The molecule has 0 saturated carbocycles. The number of nitrogens with one attached hydrogen (secondary N) is 1. The second-order valence-corrected chi connectivity index (χ2v) is 5.61. The fourth-order valence-electron chi connectivity index (χ4n) is 2.49. The maximum atomic E-state index is 13.2. The van der Waals surface area contributed by atoms with E-state index in [4.69, 9.17) is 5.84 Å². The summed E-state index contributed by atoms with van der Waals surface area (Å²) in [5.41, 5.74) is 3.61. The van der Waals surface area contributed by atoms with Crippen molar-refractivity contribution >= 4 is 17.6 Å². The number of carbonyl (C=O) groups is 2. The molecule has 0 saturated heterocycles. The Hall–Kier alpha value is -2.77. The SMILES string of the molecule is C[C@@H](C(=O)O)N(C(=O)[C@H](Cc1ccccc1)NN)c1ccc(F)cc1. The van der Waals surface area contributed by atoms with Gasteiger partial charge in [0.05, 0.1) is 0 Å². The summed E-state index contributed by atoms with van der Waals surface area (Å²) in [6.07, 6.45) is 0.292. The predicted molar refractivity (Wildman–Crippen MR) is 92.2 cm³/mol. The van der Waals surface area contributed by atoms with Crippen LogP contribution in [0.15, 0.2) is 54.6 Å². The summed E-state index contributed by atoms with van der Waals surface area (Å²) in [5, 5.41) is 9.34. The van der Waals surface area contributed by atoms with Gasteiger partial charge in [-0.15, -0.1) is 0 Å². The van der Waals surface area contributed by atoms with Crippen molar-refractivity contribution < 1.29 is 19.1 Å². The Morgan fingerprint density at radius 1 is 1.16 bits per heavy atom. The monoisotopic (exact) mass is 345 g/mol. The van der Waals surface area contributed by atoms with Crippen molar-refractivity contribution in [1.29, 1.82) is 0 Å². The van der Waals surface area contributed by atoms with Crippen molar-refractivity contribution in [3.8, 4) is 0 Å².